The third kappa shape index (κ3) is 6.68. The number of para-hydroxylation sites is 3. The molecule has 65 heavy (non-hydrogen) atoms. The van der Waals surface area contributed by atoms with E-state index in [0.717, 1.165) is 28.4 Å². The van der Waals surface area contributed by atoms with E-state index in [1.807, 2.05) is 0 Å². The van der Waals surface area contributed by atoms with Crippen molar-refractivity contribution >= 4 is 68.4 Å². The van der Waals surface area contributed by atoms with Gasteiger partial charge in [0.25, 0.3) is 0 Å². The monoisotopic (exact) mass is 849 g/mol. The third-order valence-corrected chi connectivity index (χ3v) is 15.9. The summed E-state index contributed by atoms with van der Waals surface area (Å²) in [6.07, 6.45) is 4.74. The van der Waals surface area contributed by atoms with E-state index in [1.54, 1.807) is 0 Å². The Balaban J connectivity index is 1.19. The zero-order valence-corrected chi connectivity index (χ0v) is 40.2. The van der Waals surface area contributed by atoms with E-state index in [1.165, 1.54) is 103 Å². The summed E-state index contributed by atoms with van der Waals surface area (Å²) in [5.74, 6) is 0.306. The third-order valence-electron chi connectivity index (χ3n) is 15.9. The molecule has 0 saturated heterocycles. The van der Waals surface area contributed by atoms with Crippen molar-refractivity contribution in [3.05, 3.63) is 167 Å². The molecule has 7 aromatic carbocycles. The number of aromatic nitrogens is 1. The second kappa shape index (κ2) is 14.8. The lowest BCUT2D eigenvalue weighted by Crippen LogP contribution is -2.41. The number of fused-ring (bicyclic) bond motifs is 7. The van der Waals surface area contributed by atoms with Gasteiger partial charge in [0, 0.05) is 56.0 Å². The lowest BCUT2D eigenvalue weighted by Gasteiger charge is -2.43. The summed E-state index contributed by atoms with van der Waals surface area (Å²) in [5.41, 5.74) is 22.2. The van der Waals surface area contributed by atoms with Crippen LogP contribution in [0.5, 0.6) is 0 Å². The number of rotatable bonds is 7. The zero-order valence-electron chi connectivity index (χ0n) is 40.2. The lowest BCUT2D eigenvalue weighted by molar-refractivity contribution is 0.332. The molecule has 0 bridgehead atoms. The van der Waals surface area contributed by atoms with Gasteiger partial charge in [0.2, 0.25) is 0 Å². The maximum Gasteiger partial charge on any atom is 0.197 e. The number of hydrogen-bond acceptors (Lipinski definition) is 2. The van der Waals surface area contributed by atoms with Crippen LogP contribution in [0.2, 0.25) is 0 Å². The van der Waals surface area contributed by atoms with Gasteiger partial charge >= 0.3 is 0 Å². The largest absolute Gasteiger partial charge is 0.355 e. The van der Waals surface area contributed by atoms with Gasteiger partial charge in [-0.25, -0.2) is 0 Å². The quantitative estimate of drug-likeness (QED) is 0.161. The summed E-state index contributed by atoms with van der Waals surface area (Å²) in [7, 11) is 2.54. The Hall–Kier alpha value is -6.00. The Bertz CT molecular complexity index is 3140. The fourth-order valence-corrected chi connectivity index (χ4v) is 11.8. The molecule has 8 aromatic rings. The van der Waals surface area contributed by atoms with Crippen LogP contribution in [-0.4, -0.2) is 11.8 Å². The molecule has 0 saturated carbocycles. The van der Waals surface area contributed by atoms with Crippen LogP contribution >= 0.6 is 0 Å². The van der Waals surface area contributed by atoms with E-state index < -0.39 is 0 Å². The van der Waals surface area contributed by atoms with Crippen LogP contribution in [-0.2, 0) is 21.7 Å². The second-order valence-electron chi connectivity index (χ2n) is 22.4. The van der Waals surface area contributed by atoms with Crippen LogP contribution in [0.4, 0.5) is 28.4 Å². The van der Waals surface area contributed by atoms with Gasteiger partial charge in [-0.1, -0.05) is 154 Å². The maximum absolute atomic E-state index is 4.12. The standard InChI is InChI=1S/C61H63BN3/c1-38(2)45-35-46(56-57-55(45)44-23-17-18-24-53(44)65(57)54-37-50-49(36-51(54)62-56)60(7,8)31-32-61(50,9)10)43-27-26-42(64(40-19-13-11-14-20-40)41-21-15-12-16-22-41)34-52(43)63-39-25-28-47-48(33-39)59(5,6)30-29-58(47,3)4/h11-28,33-38,63H,29-32H2,1-10H3. The smallest absolute Gasteiger partial charge is 0.197 e. The first-order valence-electron chi connectivity index (χ1n) is 24.1. The topological polar surface area (TPSA) is 20.2 Å². The van der Waals surface area contributed by atoms with E-state index >= 15 is 0 Å². The Morgan fingerprint density at radius 1 is 0.538 bits per heavy atom. The number of benzene rings is 7. The van der Waals surface area contributed by atoms with Crippen molar-refractivity contribution in [2.24, 2.45) is 0 Å². The molecule has 1 radical (unpaired) electrons. The van der Waals surface area contributed by atoms with Crippen molar-refractivity contribution < 1.29 is 0 Å². The summed E-state index contributed by atoms with van der Waals surface area (Å²) in [6.45, 7) is 24.2. The van der Waals surface area contributed by atoms with Crippen molar-refractivity contribution in [1.82, 2.24) is 4.57 Å². The predicted molar refractivity (Wildman–Crippen MR) is 280 cm³/mol. The molecular formula is C61H63BN3. The van der Waals surface area contributed by atoms with Crippen molar-refractivity contribution in [2.75, 3.05) is 10.2 Å². The number of anilines is 5. The summed E-state index contributed by atoms with van der Waals surface area (Å²) < 4.78 is 2.63. The van der Waals surface area contributed by atoms with E-state index in [2.05, 4.69) is 231 Å². The number of nitrogens with one attached hydrogen (secondary N) is 1. The zero-order chi connectivity index (χ0) is 45.2. The van der Waals surface area contributed by atoms with Gasteiger partial charge in [0.1, 0.15) is 0 Å². The molecule has 0 fully saturated rings. The highest BCUT2D eigenvalue weighted by molar-refractivity contribution is 6.73. The Kier molecular flexibility index (Phi) is 9.47. The summed E-state index contributed by atoms with van der Waals surface area (Å²) in [4.78, 5) is 2.38. The molecule has 2 aliphatic carbocycles. The Labute approximate surface area is 388 Å². The van der Waals surface area contributed by atoms with Crippen LogP contribution in [0.1, 0.15) is 129 Å². The fraction of sp³-hybridized carbons (Fsp3) is 0.311. The van der Waals surface area contributed by atoms with Gasteiger partial charge in [0.15, 0.2) is 7.28 Å². The van der Waals surface area contributed by atoms with E-state index in [-0.39, 0.29) is 21.7 Å². The second-order valence-corrected chi connectivity index (χ2v) is 22.4. The van der Waals surface area contributed by atoms with E-state index in [0.29, 0.717) is 5.92 Å². The first-order chi connectivity index (χ1) is 31.0. The van der Waals surface area contributed by atoms with Crippen LogP contribution in [0.3, 0.4) is 0 Å². The van der Waals surface area contributed by atoms with Crippen molar-refractivity contribution in [3.63, 3.8) is 0 Å². The molecule has 1 aliphatic heterocycles. The highest BCUT2D eigenvalue weighted by Gasteiger charge is 2.40. The lowest BCUT2D eigenvalue weighted by atomic mass is 9.55. The number of hydrogen-bond donors (Lipinski definition) is 1. The highest BCUT2D eigenvalue weighted by atomic mass is 15.1. The molecule has 0 amide bonds. The van der Waals surface area contributed by atoms with Gasteiger partial charge in [-0.2, -0.15) is 0 Å². The van der Waals surface area contributed by atoms with Crippen LogP contribution in [0, 0.1) is 0 Å². The fourth-order valence-electron chi connectivity index (χ4n) is 11.8. The van der Waals surface area contributed by atoms with Gasteiger partial charge in [0.05, 0.1) is 5.52 Å². The van der Waals surface area contributed by atoms with E-state index in [4.69, 9.17) is 0 Å². The first kappa shape index (κ1) is 41.7. The average Bonchev–Trinajstić information content (AvgIpc) is 3.64. The van der Waals surface area contributed by atoms with Crippen LogP contribution in [0.15, 0.2) is 140 Å². The maximum atomic E-state index is 4.12. The first-order valence-corrected chi connectivity index (χ1v) is 24.1. The average molecular weight is 849 g/mol. The number of nitrogens with zero attached hydrogens (tertiary/aromatic N) is 2. The predicted octanol–water partition coefficient (Wildman–Crippen LogP) is 15.5. The summed E-state index contributed by atoms with van der Waals surface area (Å²) in [6, 6.07) is 52.7. The van der Waals surface area contributed by atoms with Gasteiger partial charge in [-0.05, 0) is 153 Å². The summed E-state index contributed by atoms with van der Waals surface area (Å²) >= 11 is 0. The minimum atomic E-state index is 0.0880. The molecule has 325 valence electrons. The van der Waals surface area contributed by atoms with Crippen molar-refractivity contribution in [1.29, 1.82) is 0 Å². The molecule has 2 heterocycles. The Morgan fingerprint density at radius 3 is 1.74 bits per heavy atom. The van der Waals surface area contributed by atoms with E-state index in [9.17, 15) is 0 Å². The minimum Gasteiger partial charge on any atom is -0.355 e. The van der Waals surface area contributed by atoms with Crippen LogP contribution in [0.25, 0.3) is 38.6 Å². The molecular weight excluding hydrogens is 786 g/mol. The summed E-state index contributed by atoms with van der Waals surface area (Å²) in [5, 5.41) is 6.82. The minimum absolute atomic E-state index is 0.0880. The normalized spacial score (nSPS) is 17.3. The molecule has 0 spiro atoms. The molecule has 4 heteroatoms. The molecule has 3 nitrogen and oxygen atoms in total. The molecule has 0 unspecified atom stereocenters. The SMILES string of the molecule is CC(C)c1cc(-c2ccc(N(c3ccccc3)c3ccccc3)cc2Nc2ccc3c(c2)C(C)(C)CCC3(C)C)c2c3c1c1ccccc1n3-c1cc3c(cc1[B]2)C(C)(C)CCC3(C)C. The van der Waals surface area contributed by atoms with Gasteiger partial charge < -0.3 is 14.8 Å². The highest BCUT2D eigenvalue weighted by Crippen LogP contribution is 2.50. The van der Waals surface area contributed by atoms with Gasteiger partial charge in [-0.3, -0.25) is 0 Å². The van der Waals surface area contributed by atoms with Crippen molar-refractivity contribution in [2.45, 2.75) is 122 Å². The van der Waals surface area contributed by atoms with Crippen molar-refractivity contribution in [3.8, 4) is 16.8 Å². The Morgan fingerprint density at radius 2 is 1.11 bits per heavy atom. The van der Waals surface area contributed by atoms with Gasteiger partial charge in [-0.15, -0.1) is 0 Å². The molecule has 0 atom stereocenters. The molecule has 1 N–H and O–H groups in total. The molecule has 3 aliphatic rings. The molecule has 1 aromatic heterocycles. The molecule has 11 rings (SSSR count). The van der Waals surface area contributed by atoms with Crippen LogP contribution < -0.4 is 21.1 Å².